The van der Waals surface area contributed by atoms with E-state index < -0.39 is 5.82 Å². The smallest absolute Gasteiger partial charge is 0.272 e. The van der Waals surface area contributed by atoms with Gasteiger partial charge in [0.25, 0.3) is 5.91 Å². The molecule has 2 rings (SSSR count). The molecule has 0 saturated carbocycles. The van der Waals surface area contributed by atoms with Crippen LogP contribution in [0.15, 0.2) is 29.1 Å². The van der Waals surface area contributed by atoms with Gasteiger partial charge in [0.1, 0.15) is 11.5 Å². The molecule has 72 valence electrons. The standard InChI is InChI=1S/C9H7FN2OS/c10-6-3-8(11-4-6)9(13)12-7-1-2-14-5-7/h1-5,11H,(H,12,13). The molecular formula is C9H7FN2OS. The fraction of sp³-hybridized carbons (Fsp3) is 0. The number of nitrogens with one attached hydrogen (secondary N) is 2. The molecule has 5 heteroatoms. The lowest BCUT2D eigenvalue weighted by atomic mass is 10.4. The van der Waals surface area contributed by atoms with E-state index in [0.29, 0.717) is 0 Å². The predicted molar refractivity (Wildman–Crippen MR) is 53.0 cm³/mol. The Hall–Kier alpha value is -1.62. The van der Waals surface area contributed by atoms with E-state index in [-0.39, 0.29) is 11.6 Å². The van der Waals surface area contributed by atoms with Crippen molar-refractivity contribution >= 4 is 22.9 Å². The van der Waals surface area contributed by atoms with Crippen LogP contribution in [0.5, 0.6) is 0 Å². The summed E-state index contributed by atoms with van der Waals surface area (Å²) in [5.74, 6) is -0.784. The van der Waals surface area contributed by atoms with Crippen molar-refractivity contribution in [1.29, 1.82) is 0 Å². The summed E-state index contributed by atoms with van der Waals surface area (Å²) in [6, 6.07) is 2.93. The maximum absolute atomic E-state index is 12.6. The van der Waals surface area contributed by atoms with Crippen molar-refractivity contribution in [1.82, 2.24) is 4.98 Å². The zero-order valence-corrected chi connectivity index (χ0v) is 7.90. The van der Waals surface area contributed by atoms with E-state index in [1.54, 1.807) is 11.4 Å². The van der Waals surface area contributed by atoms with Gasteiger partial charge in [-0.2, -0.15) is 11.3 Å². The van der Waals surface area contributed by atoms with Crippen LogP contribution >= 0.6 is 11.3 Å². The summed E-state index contributed by atoms with van der Waals surface area (Å²) < 4.78 is 12.6. The van der Waals surface area contributed by atoms with Crippen molar-refractivity contribution in [2.75, 3.05) is 5.32 Å². The van der Waals surface area contributed by atoms with Gasteiger partial charge in [-0.15, -0.1) is 0 Å². The Morgan fingerprint density at radius 2 is 2.43 bits per heavy atom. The minimum atomic E-state index is -0.444. The lowest BCUT2D eigenvalue weighted by Crippen LogP contribution is -2.11. The number of halogens is 1. The normalized spacial score (nSPS) is 10.1. The molecule has 0 atom stereocenters. The first-order valence-electron chi connectivity index (χ1n) is 3.93. The van der Waals surface area contributed by atoms with Crippen LogP contribution in [-0.2, 0) is 0 Å². The molecule has 2 heterocycles. The molecule has 0 spiro atoms. The van der Waals surface area contributed by atoms with Crippen molar-refractivity contribution in [3.8, 4) is 0 Å². The van der Waals surface area contributed by atoms with Crippen molar-refractivity contribution < 1.29 is 9.18 Å². The van der Waals surface area contributed by atoms with E-state index >= 15 is 0 Å². The number of anilines is 1. The fourth-order valence-electron chi connectivity index (χ4n) is 1.03. The number of carbonyl (C=O) groups is 1. The maximum Gasteiger partial charge on any atom is 0.272 e. The van der Waals surface area contributed by atoms with Crippen molar-refractivity contribution in [3.05, 3.63) is 40.6 Å². The van der Waals surface area contributed by atoms with Crippen LogP contribution in [-0.4, -0.2) is 10.9 Å². The summed E-state index contributed by atoms with van der Waals surface area (Å²) in [7, 11) is 0. The van der Waals surface area contributed by atoms with Crippen molar-refractivity contribution in [2.24, 2.45) is 0 Å². The topological polar surface area (TPSA) is 44.9 Å². The Morgan fingerprint density at radius 1 is 1.57 bits per heavy atom. The molecule has 1 amide bonds. The van der Waals surface area contributed by atoms with Crippen LogP contribution in [0.25, 0.3) is 0 Å². The second-order valence-corrected chi connectivity index (χ2v) is 3.48. The number of thiophene rings is 1. The van der Waals surface area contributed by atoms with E-state index in [2.05, 4.69) is 10.3 Å². The lowest BCUT2D eigenvalue weighted by Gasteiger charge is -1.98. The van der Waals surface area contributed by atoms with E-state index in [4.69, 9.17) is 0 Å². The average Bonchev–Trinajstić information content (AvgIpc) is 2.75. The molecule has 0 aromatic carbocycles. The summed E-state index contributed by atoms with van der Waals surface area (Å²) in [5, 5.41) is 6.28. The Labute approximate surface area is 83.6 Å². The van der Waals surface area contributed by atoms with Gasteiger partial charge in [0.15, 0.2) is 0 Å². The van der Waals surface area contributed by atoms with E-state index in [1.807, 2.05) is 5.38 Å². The highest BCUT2D eigenvalue weighted by Crippen LogP contribution is 2.13. The predicted octanol–water partition coefficient (Wildman–Crippen LogP) is 2.47. The number of aromatic nitrogens is 1. The Morgan fingerprint density at radius 3 is 3.00 bits per heavy atom. The molecule has 0 bridgehead atoms. The minimum absolute atomic E-state index is 0.216. The minimum Gasteiger partial charge on any atom is -0.355 e. The van der Waals surface area contributed by atoms with Gasteiger partial charge in [-0.25, -0.2) is 4.39 Å². The number of H-pyrrole nitrogens is 1. The van der Waals surface area contributed by atoms with Gasteiger partial charge in [-0.1, -0.05) is 0 Å². The highest BCUT2D eigenvalue weighted by molar-refractivity contribution is 7.08. The third-order valence-corrected chi connectivity index (χ3v) is 2.35. The Bertz CT molecular complexity index is 435. The summed E-state index contributed by atoms with van der Waals surface area (Å²) >= 11 is 1.48. The van der Waals surface area contributed by atoms with Gasteiger partial charge in [-0.3, -0.25) is 4.79 Å². The van der Waals surface area contributed by atoms with E-state index in [0.717, 1.165) is 18.0 Å². The third kappa shape index (κ3) is 1.82. The van der Waals surface area contributed by atoms with Crippen LogP contribution < -0.4 is 5.32 Å². The highest BCUT2D eigenvalue weighted by Gasteiger charge is 2.08. The molecule has 0 unspecified atom stereocenters. The van der Waals surface area contributed by atoms with Crippen LogP contribution in [0.4, 0.5) is 10.1 Å². The first-order chi connectivity index (χ1) is 6.75. The van der Waals surface area contributed by atoms with Crippen molar-refractivity contribution in [3.63, 3.8) is 0 Å². The van der Waals surface area contributed by atoms with E-state index in [9.17, 15) is 9.18 Å². The highest BCUT2D eigenvalue weighted by atomic mass is 32.1. The molecule has 0 fully saturated rings. The molecular weight excluding hydrogens is 203 g/mol. The van der Waals surface area contributed by atoms with Gasteiger partial charge in [-0.05, 0) is 11.4 Å². The van der Waals surface area contributed by atoms with Gasteiger partial charge >= 0.3 is 0 Å². The quantitative estimate of drug-likeness (QED) is 0.785. The lowest BCUT2D eigenvalue weighted by molar-refractivity contribution is 0.102. The zero-order chi connectivity index (χ0) is 9.97. The number of hydrogen-bond acceptors (Lipinski definition) is 2. The summed E-state index contributed by atoms with van der Waals surface area (Å²) in [5.41, 5.74) is 0.934. The number of amides is 1. The Kier molecular flexibility index (Phi) is 2.32. The van der Waals surface area contributed by atoms with Crippen LogP contribution in [0.2, 0.25) is 0 Å². The summed E-state index contributed by atoms with van der Waals surface area (Å²) in [6.07, 6.45) is 1.14. The van der Waals surface area contributed by atoms with Crippen LogP contribution in [0.1, 0.15) is 10.5 Å². The SMILES string of the molecule is O=C(Nc1ccsc1)c1cc(F)c[nH]1. The van der Waals surface area contributed by atoms with Gasteiger partial charge < -0.3 is 10.3 Å². The van der Waals surface area contributed by atoms with Gasteiger partial charge in [0, 0.05) is 17.6 Å². The number of rotatable bonds is 2. The first kappa shape index (κ1) is 8.96. The molecule has 0 aliphatic heterocycles. The largest absolute Gasteiger partial charge is 0.355 e. The summed E-state index contributed by atoms with van der Waals surface area (Å²) in [6.45, 7) is 0. The molecule has 2 aromatic rings. The zero-order valence-electron chi connectivity index (χ0n) is 7.08. The number of hydrogen-bond donors (Lipinski definition) is 2. The van der Waals surface area contributed by atoms with Gasteiger partial charge in [0.2, 0.25) is 0 Å². The fourth-order valence-corrected chi connectivity index (χ4v) is 1.62. The number of carbonyl (C=O) groups excluding carboxylic acids is 1. The summed E-state index contributed by atoms with van der Waals surface area (Å²) in [4.78, 5) is 14.0. The first-order valence-corrected chi connectivity index (χ1v) is 4.87. The molecule has 0 radical (unpaired) electrons. The van der Waals surface area contributed by atoms with E-state index in [1.165, 1.54) is 11.3 Å². The molecule has 0 saturated heterocycles. The van der Waals surface area contributed by atoms with Crippen molar-refractivity contribution in [2.45, 2.75) is 0 Å². The van der Waals surface area contributed by atoms with Crippen LogP contribution in [0.3, 0.4) is 0 Å². The maximum atomic E-state index is 12.6. The monoisotopic (exact) mass is 210 g/mol. The number of aromatic amines is 1. The molecule has 0 aliphatic carbocycles. The molecule has 14 heavy (non-hydrogen) atoms. The average molecular weight is 210 g/mol. The van der Waals surface area contributed by atoms with Gasteiger partial charge in [0.05, 0.1) is 5.69 Å². The second kappa shape index (κ2) is 3.63. The molecule has 2 N–H and O–H groups in total. The Balaban J connectivity index is 2.10. The molecule has 2 aromatic heterocycles. The third-order valence-electron chi connectivity index (χ3n) is 1.67. The molecule has 0 aliphatic rings. The molecule has 3 nitrogen and oxygen atoms in total. The second-order valence-electron chi connectivity index (χ2n) is 2.70. The van der Waals surface area contributed by atoms with Crippen LogP contribution in [0, 0.1) is 5.82 Å².